The van der Waals surface area contributed by atoms with E-state index in [0.717, 1.165) is 16.5 Å². The first-order valence-corrected chi connectivity index (χ1v) is 6.39. The Morgan fingerprint density at radius 3 is 2.48 bits per heavy atom. The van der Waals surface area contributed by atoms with E-state index in [2.05, 4.69) is 6.58 Å². The van der Waals surface area contributed by atoms with Gasteiger partial charge in [-0.1, -0.05) is 36.9 Å². The number of carbonyl (C=O) groups excluding carboxylic acids is 1. The summed E-state index contributed by atoms with van der Waals surface area (Å²) < 4.78 is 5.18. The van der Waals surface area contributed by atoms with Crippen molar-refractivity contribution in [2.75, 3.05) is 4.90 Å². The third-order valence-corrected chi connectivity index (χ3v) is 3.02. The van der Waals surface area contributed by atoms with Gasteiger partial charge in [-0.15, -0.1) is 0 Å². The van der Waals surface area contributed by atoms with Crippen molar-refractivity contribution in [2.45, 2.75) is 12.5 Å². The Kier molecular flexibility index (Phi) is 4.56. The highest BCUT2D eigenvalue weighted by Gasteiger charge is 2.31. The fourth-order valence-corrected chi connectivity index (χ4v) is 2.05. The van der Waals surface area contributed by atoms with Crippen LogP contribution in [0.15, 0.2) is 65.8 Å². The van der Waals surface area contributed by atoms with Crippen LogP contribution in [0.25, 0.3) is 0 Å². The summed E-state index contributed by atoms with van der Waals surface area (Å²) in [6, 6.07) is 11.2. The number of nitrogens with zero attached hydrogens (tertiary/aromatic N) is 1. The maximum Gasteiger partial charge on any atom is 0.327 e. The maximum absolute atomic E-state index is 12.0. The molecule has 0 spiro atoms. The van der Waals surface area contributed by atoms with Crippen molar-refractivity contribution in [2.24, 2.45) is 0 Å². The van der Waals surface area contributed by atoms with Gasteiger partial charge < -0.3 is 9.52 Å². The molecule has 0 bridgehead atoms. The molecule has 5 nitrogen and oxygen atoms in total. The summed E-state index contributed by atoms with van der Waals surface area (Å²) in [5.74, 6) is -1.44. The zero-order valence-electron chi connectivity index (χ0n) is 11.3. The van der Waals surface area contributed by atoms with Crippen LogP contribution < -0.4 is 4.90 Å². The Morgan fingerprint density at radius 2 is 1.95 bits per heavy atom. The Labute approximate surface area is 122 Å². The molecule has 1 heterocycles. The van der Waals surface area contributed by atoms with Crippen molar-refractivity contribution < 1.29 is 19.1 Å². The third kappa shape index (κ3) is 3.39. The van der Waals surface area contributed by atoms with Crippen LogP contribution >= 0.6 is 0 Å². The van der Waals surface area contributed by atoms with Gasteiger partial charge in [0.05, 0.1) is 6.26 Å². The molecule has 108 valence electrons. The molecule has 0 saturated heterocycles. The van der Waals surface area contributed by atoms with Crippen molar-refractivity contribution in [3.8, 4) is 0 Å². The summed E-state index contributed by atoms with van der Waals surface area (Å²) in [5, 5.41) is 9.48. The number of aliphatic carboxylic acids is 1. The predicted octanol–water partition coefficient (Wildman–Crippen LogP) is 2.49. The normalized spacial score (nSPS) is 11.6. The van der Waals surface area contributed by atoms with Gasteiger partial charge in [-0.05, 0) is 17.7 Å². The van der Waals surface area contributed by atoms with Crippen LogP contribution in [0.1, 0.15) is 5.56 Å². The molecule has 21 heavy (non-hydrogen) atoms. The molecule has 5 heteroatoms. The Balaban J connectivity index is 2.35. The first-order valence-electron chi connectivity index (χ1n) is 6.39. The van der Waals surface area contributed by atoms with Gasteiger partial charge in [-0.2, -0.15) is 0 Å². The average molecular weight is 285 g/mol. The van der Waals surface area contributed by atoms with Crippen LogP contribution in [0, 0.1) is 0 Å². The topological polar surface area (TPSA) is 70.8 Å². The van der Waals surface area contributed by atoms with E-state index in [4.69, 9.17) is 4.42 Å². The number of carboxylic acids is 1. The van der Waals surface area contributed by atoms with Crippen molar-refractivity contribution in [1.29, 1.82) is 0 Å². The summed E-state index contributed by atoms with van der Waals surface area (Å²) >= 11 is 0. The van der Waals surface area contributed by atoms with Crippen molar-refractivity contribution in [3.63, 3.8) is 0 Å². The molecular formula is C16H15NO4. The van der Waals surface area contributed by atoms with Gasteiger partial charge in [-0.25, -0.2) is 4.79 Å². The number of furan rings is 1. The molecule has 0 aliphatic heterocycles. The van der Waals surface area contributed by atoms with Crippen LogP contribution in [-0.4, -0.2) is 23.0 Å². The minimum atomic E-state index is -1.11. The molecule has 0 saturated carbocycles. The number of hydrogen-bond acceptors (Lipinski definition) is 3. The molecule has 1 amide bonds. The average Bonchev–Trinajstić information content (AvgIpc) is 3.01. The Hall–Kier alpha value is -2.82. The largest absolute Gasteiger partial charge is 0.480 e. The summed E-state index contributed by atoms with van der Waals surface area (Å²) in [4.78, 5) is 24.7. The van der Waals surface area contributed by atoms with E-state index >= 15 is 0 Å². The predicted molar refractivity (Wildman–Crippen MR) is 78.0 cm³/mol. The molecule has 2 aromatic rings. The maximum atomic E-state index is 12.0. The Morgan fingerprint density at radius 1 is 1.24 bits per heavy atom. The fourth-order valence-electron chi connectivity index (χ4n) is 2.05. The standard InChI is InChI=1S/C16H15NO4/c1-2-14(18)17(15-9-6-10-21-15)13(16(19)20)11-12-7-4-3-5-8-12/h2-10,13H,1,11H2,(H,19,20)/t13-/m0/s1. The summed E-state index contributed by atoms with van der Waals surface area (Å²) in [7, 11) is 0. The first kappa shape index (κ1) is 14.6. The van der Waals surface area contributed by atoms with Crippen molar-refractivity contribution in [1.82, 2.24) is 0 Å². The molecule has 1 aromatic carbocycles. The first-order chi connectivity index (χ1) is 10.1. The highest BCUT2D eigenvalue weighted by atomic mass is 16.4. The van der Waals surface area contributed by atoms with Crippen LogP contribution in [0.2, 0.25) is 0 Å². The highest BCUT2D eigenvalue weighted by molar-refractivity contribution is 6.04. The molecule has 0 radical (unpaired) electrons. The molecule has 0 aliphatic carbocycles. The molecule has 1 aromatic heterocycles. The van der Waals surface area contributed by atoms with Crippen molar-refractivity contribution >= 4 is 17.8 Å². The number of carbonyl (C=O) groups is 2. The van der Waals surface area contributed by atoms with Crippen LogP contribution in [0.3, 0.4) is 0 Å². The molecular weight excluding hydrogens is 270 g/mol. The number of carboxylic acid groups (broad SMARTS) is 1. The zero-order chi connectivity index (χ0) is 15.2. The zero-order valence-corrected chi connectivity index (χ0v) is 11.3. The smallest absolute Gasteiger partial charge is 0.327 e. The fraction of sp³-hybridized carbons (Fsp3) is 0.125. The Bertz CT molecular complexity index is 619. The lowest BCUT2D eigenvalue weighted by atomic mass is 10.0. The lowest BCUT2D eigenvalue weighted by Crippen LogP contribution is -2.46. The second-order valence-corrected chi connectivity index (χ2v) is 4.41. The van der Waals surface area contributed by atoms with Gasteiger partial charge in [0.2, 0.25) is 5.88 Å². The van der Waals surface area contributed by atoms with Gasteiger partial charge in [0.25, 0.3) is 5.91 Å². The van der Waals surface area contributed by atoms with E-state index in [-0.39, 0.29) is 12.3 Å². The minimum Gasteiger partial charge on any atom is -0.480 e. The molecule has 1 N–H and O–H groups in total. The second kappa shape index (κ2) is 6.56. The molecule has 0 aliphatic rings. The van der Waals surface area contributed by atoms with Gasteiger partial charge in [0.15, 0.2) is 0 Å². The van der Waals surface area contributed by atoms with E-state index < -0.39 is 17.9 Å². The number of benzene rings is 1. The summed E-state index contributed by atoms with van der Waals surface area (Å²) in [6.45, 7) is 3.41. The molecule has 2 rings (SSSR count). The lowest BCUT2D eigenvalue weighted by Gasteiger charge is -2.25. The van der Waals surface area contributed by atoms with Gasteiger partial charge >= 0.3 is 5.97 Å². The van der Waals surface area contributed by atoms with Crippen LogP contribution in [0.5, 0.6) is 0 Å². The third-order valence-electron chi connectivity index (χ3n) is 3.02. The summed E-state index contributed by atoms with van der Waals surface area (Å²) in [6.07, 6.45) is 2.64. The lowest BCUT2D eigenvalue weighted by molar-refractivity contribution is -0.139. The van der Waals surface area contributed by atoms with Gasteiger partial charge in [0.1, 0.15) is 6.04 Å². The van der Waals surface area contributed by atoms with E-state index in [1.54, 1.807) is 12.1 Å². The molecule has 0 fully saturated rings. The van der Waals surface area contributed by atoms with Gasteiger partial charge in [-0.3, -0.25) is 9.69 Å². The summed E-state index contributed by atoms with van der Waals surface area (Å²) in [5.41, 5.74) is 0.818. The van der Waals surface area contributed by atoms with Crippen LogP contribution in [0.4, 0.5) is 5.88 Å². The van der Waals surface area contributed by atoms with Crippen LogP contribution in [-0.2, 0) is 16.0 Å². The molecule has 0 unspecified atom stereocenters. The highest BCUT2D eigenvalue weighted by Crippen LogP contribution is 2.21. The number of rotatable bonds is 6. The second-order valence-electron chi connectivity index (χ2n) is 4.41. The number of amides is 1. The van der Waals surface area contributed by atoms with Crippen molar-refractivity contribution in [3.05, 3.63) is 66.9 Å². The quantitative estimate of drug-likeness (QED) is 0.828. The number of hydrogen-bond donors (Lipinski definition) is 1. The van der Waals surface area contributed by atoms with E-state index in [1.807, 2.05) is 30.3 Å². The monoisotopic (exact) mass is 285 g/mol. The van der Waals surface area contributed by atoms with Gasteiger partial charge in [0, 0.05) is 12.5 Å². The SMILES string of the molecule is C=CC(=O)N(c1ccco1)[C@@H](Cc1ccccc1)C(=O)O. The number of anilines is 1. The molecule has 1 atom stereocenters. The van der Waals surface area contributed by atoms with E-state index in [0.29, 0.717) is 0 Å². The van der Waals surface area contributed by atoms with E-state index in [9.17, 15) is 14.7 Å². The van der Waals surface area contributed by atoms with E-state index in [1.165, 1.54) is 6.26 Å². The minimum absolute atomic E-state index is 0.177.